The van der Waals surface area contributed by atoms with Crippen molar-refractivity contribution in [2.75, 3.05) is 25.0 Å². The normalized spacial score (nSPS) is 16.1. The van der Waals surface area contributed by atoms with E-state index in [4.69, 9.17) is 0 Å². The summed E-state index contributed by atoms with van der Waals surface area (Å²) >= 11 is 0. The molecule has 0 amide bonds. The van der Waals surface area contributed by atoms with Gasteiger partial charge in [-0.25, -0.2) is 0 Å². The van der Waals surface area contributed by atoms with Crippen LogP contribution in [0, 0.1) is 0 Å². The molecule has 0 radical (unpaired) electrons. The van der Waals surface area contributed by atoms with Crippen LogP contribution < -0.4 is 5.32 Å². The first-order chi connectivity index (χ1) is 15.5. The first kappa shape index (κ1) is 22.2. The van der Waals surface area contributed by atoms with Crippen molar-refractivity contribution >= 4 is 5.69 Å². The first-order valence-electron chi connectivity index (χ1n) is 11.4. The number of aromatic nitrogens is 2. The maximum absolute atomic E-state index is 10.1. The molecule has 4 rings (SSSR count). The molecule has 1 aromatic heterocycles. The van der Waals surface area contributed by atoms with Gasteiger partial charge in [0, 0.05) is 37.4 Å². The number of hydrogen-bond donors (Lipinski definition) is 3. The van der Waals surface area contributed by atoms with E-state index in [-0.39, 0.29) is 5.75 Å². The summed E-state index contributed by atoms with van der Waals surface area (Å²) in [4.78, 5) is 2.41. The lowest BCUT2D eigenvalue weighted by Crippen LogP contribution is -2.41. The maximum Gasteiger partial charge on any atom is 0.115 e. The highest BCUT2D eigenvalue weighted by Gasteiger charge is 2.27. The van der Waals surface area contributed by atoms with E-state index < -0.39 is 5.60 Å². The van der Waals surface area contributed by atoms with Crippen molar-refractivity contribution in [1.29, 1.82) is 0 Å². The van der Waals surface area contributed by atoms with Gasteiger partial charge in [0.2, 0.25) is 0 Å². The summed E-state index contributed by atoms with van der Waals surface area (Å²) in [6, 6.07) is 19.6. The first-order valence-corrected chi connectivity index (χ1v) is 11.4. The summed E-state index contributed by atoms with van der Waals surface area (Å²) in [5.41, 5.74) is 4.67. The second kappa shape index (κ2) is 10.1. The molecule has 32 heavy (non-hydrogen) atoms. The number of aromatic hydroxyl groups is 1. The van der Waals surface area contributed by atoms with Gasteiger partial charge in [0.25, 0.3) is 0 Å². The standard InChI is InChI=1S/C26H32N4O2/c1-26(32)14-17-30(18-15-26)19-20-4-8-22(9-5-20)27-16-2-3-23-10-13-25(29-28-23)21-6-11-24(31)12-7-21/h4-13,27,31-32H,2-3,14-19H2,1H3. The molecule has 2 heterocycles. The minimum Gasteiger partial charge on any atom is -0.508 e. The topological polar surface area (TPSA) is 81.5 Å². The van der Waals surface area contributed by atoms with Crippen LogP contribution >= 0.6 is 0 Å². The fraction of sp³-hybridized carbons (Fsp3) is 0.385. The molecule has 1 fully saturated rings. The molecule has 0 spiro atoms. The van der Waals surface area contributed by atoms with Gasteiger partial charge >= 0.3 is 0 Å². The zero-order valence-electron chi connectivity index (χ0n) is 18.7. The average molecular weight is 433 g/mol. The van der Waals surface area contributed by atoms with Gasteiger partial charge in [-0.15, -0.1) is 0 Å². The highest BCUT2D eigenvalue weighted by atomic mass is 16.3. The fourth-order valence-corrected chi connectivity index (χ4v) is 3.96. The third-order valence-electron chi connectivity index (χ3n) is 6.11. The second-order valence-electron chi connectivity index (χ2n) is 8.96. The third kappa shape index (κ3) is 6.28. The van der Waals surface area contributed by atoms with E-state index in [2.05, 4.69) is 44.7 Å². The fourth-order valence-electron chi connectivity index (χ4n) is 3.96. The number of nitrogens with zero attached hydrogens (tertiary/aromatic N) is 3. The Morgan fingerprint density at radius 1 is 0.938 bits per heavy atom. The van der Waals surface area contributed by atoms with Crippen molar-refractivity contribution in [2.24, 2.45) is 0 Å². The Hall–Kier alpha value is -2.96. The van der Waals surface area contributed by atoms with E-state index in [0.717, 1.165) is 74.5 Å². The van der Waals surface area contributed by atoms with Crippen LogP contribution in [-0.4, -0.2) is 50.5 Å². The molecular weight excluding hydrogens is 400 g/mol. The van der Waals surface area contributed by atoms with Gasteiger partial charge in [-0.2, -0.15) is 10.2 Å². The Balaban J connectivity index is 1.18. The second-order valence-corrected chi connectivity index (χ2v) is 8.96. The molecule has 3 N–H and O–H groups in total. The summed E-state index contributed by atoms with van der Waals surface area (Å²) < 4.78 is 0. The number of anilines is 1. The van der Waals surface area contributed by atoms with E-state index in [1.807, 2.05) is 31.2 Å². The molecule has 1 saturated heterocycles. The third-order valence-corrected chi connectivity index (χ3v) is 6.11. The van der Waals surface area contributed by atoms with E-state index in [0.29, 0.717) is 0 Å². The Bertz CT molecular complexity index is 976. The van der Waals surface area contributed by atoms with Crippen molar-refractivity contribution in [2.45, 2.75) is 44.8 Å². The summed E-state index contributed by atoms with van der Waals surface area (Å²) in [5.74, 6) is 0.248. The molecule has 0 atom stereocenters. The molecule has 6 nitrogen and oxygen atoms in total. The SMILES string of the molecule is CC1(O)CCN(Cc2ccc(NCCCc3ccc(-c4ccc(O)cc4)nn3)cc2)CC1. The van der Waals surface area contributed by atoms with Crippen molar-refractivity contribution in [1.82, 2.24) is 15.1 Å². The Morgan fingerprint density at radius 3 is 2.31 bits per heavy atom. The van der Waals surface area contributed by atoms with Crippen LogP contribution in [0.3, 0.4) is 0 Å². The van der Waals surface area contributed by atoms with Gasteiger partial charge in [0.15, 0.2) is 0 Å². The molecule has 0 unspecified atom stereocenters. The van der Waals surface area contributed by atoms with Gasteiger partial charge in [0.1, 0.15) is 5.75 Å². The monoisotopic (exact) mass is 432 g/mol. The number of aliphatic hydroxyl groups is 1. The average Bonchev–Trinajstić information content (AvgIpc) is 2.80. The highest BCUT2D eigenvalue weighted by Crippen LogP contribution is 2.23. The van der Waals surface area contributed by atoms with Crippen molar-refractivity contribution in [3.8, 4) is 17.0 Å². The summed E-state index contributed by atoms with van der Waals surface area (Å²) in [5, 5.41) is 31.6. The number of aryl methyl sites for hydroxylation is 1. The smallest absolute Gasteiger partial charge is 0.115 e. The number of rotatable bonds is 8. The number of benzene rings is 2. The Kier molecular flexibility index (Phi) is 7.02. The molecule has 6 heteroatoms. The molecule has 0 bridgehead atoms. The van der Waals surface area contributed by atoms with Crippen LogP contribution in [0.4, 0.5) is 5.69 Å². The number of phenolic OH excluding ortho intramolecular Hbond substituents is 1. The lowest BCUT2D eigenvalue weighted by Gasteiger charge is -2.35. The number of phenols is 1. The minimum atomic E-state index is -0.495. The predicted octanol–water partition coefficient (Wildman–Crippen LogP) is 4.24. The van der Waals surface area contributed by atoms with E-state index in [1.54, 1.807) is 12.1 Å². The number of piperidine rings is 1. The molecule has 1 aliphatic heterocycles. The number of likely N-dealkylation sites (tertiary alicyclic amines) is 1. The van der Waals surface area contributed by atoms with Gasteiger partial charge in [-0.05, 0) is 86.7 Å². The quantitative estimate of drug-likeness (QED) is 0.462. The largest absolute Gasteiger partial charge is 0.508 e. The van der Waals surface area contributed by atoms with Gasteiger partial charge in [-0.1, -0.05) is 12.1 Å². The Morgan fingerprint density at radius 2 is 1.66 bits per heavy atom. The van der Waals surface area contributed by atoms with Crippen LogP contribution in [0.1, 0.15) is 37.4 Å². The zero-order chi connectivity index (χ0) is 22.4. The lowest BCUT2D eigenvalue weighted by molar-refractivity contribution is -0.00729. The molecule has 168 valence electrons. The molecular formula is C26H32N4O2. The van der Waals surface area contributed by atoms with Crippen molar-refractivity contribution in [3.05, 3.63) is 71.9 Å². The van der Waals surface area contributed by atoms with E-state index in [1.165, 1.54) is 5.56 Å². The lowest BCUT2D eigenvalue weighted by atomic mass is 9.93. The Labute approximate surface area is 189 Å². The molecule has 3 aromatic rings. The van der Waals surface area contributed by atoms with Crippen LogP contribution in [0.25, 0.3) is 11.3 Å². The van der Waals surface area contributed by atoms with Gasteiger partial charge in [-0.3, -0.25) is 4.90 Å². The van der Waals surface area contributed by atoms with Crippen molar-refractivity contribution < 1.29 is 10.2 Å². The van der Waals surface area contributed by atoms with Gasteiger partial charge < -0.3 is 15.5 Å². The number of hydrogen-bond acceptors (Lipinski definition) is 6. The van der Waals surface area contributed by atoms with Gasteiger partial charge in [0.05, 0.1) is 17.0 Å². The molecule has 2 aromatic carbocycles. The van der Waals surface area contributed by atoms with Crippen LogP contribution in [-0.2, 0) is 13.0 Å². The van der Waals surface area contributed by atoms with E-state index >= 15 is 0 Å². The molecule has 1 aliphatic rings. The van der Waals surface area contributed by atoms with E-state index in [9.17, 15) is 10.2 Å². The summed E-state index contributed by atoms with van der Waals surface area (Å²) in [7, 11) is 0. The highest BCUT2D eigenvalue weighted by molar-refractivity contribution is 5.59. The summed E-state index contributed by atoms with van der Waals surface area (Å²) in [6.07, 6.45) is 3.53. The maximum atomic E-state index is 10.1. The molecule has 0 aliphatic carbocycles. The van der Waals surface area contributed by atoms with Crippen LogP contribution in [0.5, 0.6) is 5.75 Å². The number of nitrogens with one attached hydrogen (secondary N) is 1. The minimum absolute atomic E-state index is 0.248. The van der Waals surface area contributed by atoms with Crippen LogP contribution in [0.15, 0.2) is 60.7 Å². The summed E-state index contributed by atoms with van der Waals surface area (Å²) in [6.45, 7) is 5.65. The van der Waals surface area contributed by atoms with Crippen LogP contribution in [0.2, 0.25) is 0 Å². The molecule has 0 saturated carbocycles. The zero-order valence-corrected chi connectivity index (χ0v) is 18.7. The predicted molar refractivity (Wildman–Crippen MR) is 128 cm³/mol. The van der Waals surface area contributed by atoms with Crippen molar-refractivity contribution in [3.63, 3.8) is 0 Å².